The lowest BCUT2D eigenvalue weighted by atomic mass is 9.76. The maximum atomic E-state index is 12.3. The van der Waals surface area contributed by atoms with Gasteiger partial charge in [-0.3, -0.25) is 0 Å². The molecule has 2 unspecified atom stereocenters. The highest BCUT2D eigenvalue weighted by molar-refractivity contribution is 5.77. The first-order valence-corrected chi connectivity index (χ1v) is 12.3. The van der Waals surface area contributed by atoms with Crippen LogP contribution in [0.15, 0.2) is 0 Å². The van der Waals surface area contributed by atoms with E-state index < -0.39 is 11.5 Å². The Hall–Kier alpha value is -0.570. The summed E-state index contributed by atoms with van der Waals surface area (Å²) in [6.45, 7) is 6.49. The molecule has 0 bridgehead atoms. The van der Waals surface area contributed by atoms with Crippen molar-refractivity contribution >= 4 is 5.97 Å². The minimum Gasteiger partial charge on any atom is -0.477 e. The lowest BCUT2D eigenvalue weighted by Crippen LogP contribution is -2.64. The fraction of sp³-hybridized carbons (Fsp3) is 0.960. The van der Waals surface area contributed by atoms with Crippen molar-refractivity contribution < 1.29 is 14.4 Å². The number of likely N-dealkylation sites (N-methyl/N-ethyl adjacent to an activating group) is 1. The number of carboxylic acids is 1. The third kappa shape index (κ3) is 10.3. The normalized spacial score (nSPS) is 15.4. The Bertz CT molecular complexity index is 388. The second-order valence-electron chi connectivity index (χ2n) is 9.98. The molecule has 0 fully saturated rings. The Morgan fingerprint density at radius 3 is 1.32 bits per heavy atom. The van der Waals surface area contributed by atoms with Crippen molar-refractivity contribution in [3.8, 4) is 0 Å². The van der Waals surface area contributed by atoms with Crippen LogP contribution in [-0.2, 0) is 4.79 Å². The first kappa shape index (κ1) is 27.4. The molecule has 0 radical (unpaired) electrons. The molecule has 0 spiro atoms. The molecule has 168 valence electrons. The number of carbonyl (C=O) groups is 1. The molecule has 0 heterocycles. The predicted molar refractivity (Wildman–Crippen MR) is 123 cm³/mol. The number of rotatable bonds is 19. The predicted octanol–water partition coefficient (Wildman–Crippen LogP) is 7.43. The fourth-order valence-electron chi connectivity index (χ4n) is 4.41. The molecule has 0 aliphatic rings. The highest BCUT2D eigenvalue weighted by Crippen LogP contribution is 2.36. The highest BCUT2D eigenvalue weighted by atomic mass is 16.4. The summed E-state index contributed by atoms with van der Waals surface area (Å²) in [4.78, 5) is 12.3. The maximum Gasteiger partial charge on any atom is 0.365 e. The van der Waals surface area contributed by atoms with E-state index in [9.17, 15) is 9.90 Å². The van der Waals surface area contributed by atoms with E-state index in [2.05, 4.69) is 35.0 Å². The Kier molecular flexibility index (Phi) is 15.0. The first-order valence-electron chi connectivity index (χ1n) is 12.3. The van der Waals surface area contributed by atoms with Gasteiger partial charge in [0.25, 0.3) is 0 Å². The van der Waals surface area contributed by atoms with E-state index in [1.54, 1.807) is 0 Å². The smallest absolute Gasteiger partial charge is 0.365 e. The fourth-order valence-corrected chi connectivity index (χ4v) is 4.41. The van der Waals surface area contributed by atoms with E-state index >= 15 is 0 Å². The third-order valence-corrected chi connectivity index (χ3v) is 6.93. The molecule has 0 rings (SSSR count). The summed E-state index contributed by atoms with van der Waals surface area (Å²) in [5.41, 5.74) is -0.703. The zero-order valence-electron chi connectivity index (χ0n) is 20.2. The van der Waals surface area contributed by atoms with Crippen LogP contribution in [0.5, 0.6) is 0 Å². The van der Waals surface area contributed by atoms with Gasteiger partial charge >= 0.3 is 5.97 Å². The van der Waals surface area contributed by atoms with Crippen LogP contribution >= 0.6 is 0 Å². The summed E-state index contributed by atoms with van der Waals surface area (Å²) in [5.74, 6) is -0.370. The molecule has 3 heteroatoms. The van der Waals surface area contributed by atoms with Gasteiger partial charge in [-0.1, -0.05) is 104 Å². The van der Waals surface area contributed by atoms with Gasteiger partial charge in [0.2, 0.25) is 0 Å². The minimum absolute atomic E-state index is 0.260. The molecule has 0 aliphatic carbocycles. The van der Waals surface area contributed by atoms with Gasteiger partial charge in [0, 0.05) is 12.8 Å². The van der Waals surface area contributed by atoms with Crippen LogP contribution in [0.3, 0.4) is 0 Å². The van der Waals surface area contributed by atoms with Crippen molar-refractivity contribution in [1.82, 2.24) is 0 Å². The van der Waals surface area contributed by atoms with Gasteiger partial charge in [-0.05, 0) is 12.8 Å². The Morgan fingerprint density at radius 1 is 0.714 bits per heavy atom. The number of carboxylic acid groups (broad SMARTS) is 1. The van der Waals surface area contributed by atoms with E-state index in [0.717, 1.165) is 12.8 Å². The van der Waals surface area contributed by atoms with E-state index in [-0.39, 0.29) is 5.92 Å². The molecule has 28 heavy (non-hydrogen) atoms. The number of hydrogen-bond acceptors (Lipinski definition) is 1. The molecule has 0 aromatic heterocycles. The maximum absolute atomic E-state index is 12.3. The van der Waals surface area contributed by atoms with Gasteiger partial charge in [-0.15, -0.1) is 0 Å². The molecule has 0 saturated heterocycles. The Morgan fingerprint density at radius 2 is 1.04 bits per heavy atom. The van der Waals surface area contributed by atoms with E-state index in [1.165, 1.54) is 89.9 Å². The Balaban J connectivity index is 4.55. The van der Waals surface area contributed by atoms with Crippen molar-refractivity contribution in [3.05, 3.63) is 0 Å². The summed E-state index contributed by atoms with van der Waals surface area (Å²) in [6.07, 6.45) is 20.3. The Labute approximate surface area is 176 Å². The van der Waals surface area contributed by atoms with Gasteiger partial charge in [-0.25, -0.2) is 4.79 Å². The molecular weight excluding hydrogens is 346 g/mol. The molecule has 2 atom stereocenters. The molecular formula is C25H52NO2+. The van der Waals surface area contributed by atoms with Crippen LogP contribution in [0, 0.1) is 5.92 Å². The third-order valence-electron chi connectivity index (χ3n) is 6.93. The zero-order valence-corrected chi connectivity index (χ0v) is 20.2. The summed E-state index contributed by atoms with van der Waals surface area (Å²) in [6, 6.07) is 0. The number of unbranched alkanes of at least 4 members (excludes halogenated alkanes) is 12. The standard InChI is InChI=1S/C25H51NO2/c1-7-9-11-13-14-15-16-18-20-22-23(21-19-17-12-10-8-2)25(3,24(27)28)26(4,5)6/h23H,7-22H2,1-6H3/p+1. The summed E-state index contributed by atoms with van der Waals surface area (Å²) in [7, 11) is 6.15. The SMILES string of the molecule is CCCCCCCCCCCC(CCCCCCC)C(C)(C(=O)O)[N+](C)(C)C. The molecule has 0 aromatic rings. The second kappa shape index (κ2) is 15.3. The molecule has 0 saturated carbocycles. The average molecular weight is 399 g/mol. The topological polar surface area (TPSA) is 37.3 Å². The van der Waals surface area contributed by atoms with Crippen LogP contribution in [0.4, 0.5) is 0 Å². The molecule has 0 aliphatic heterocycles. The van der Waals surface area contributed by atoms with Gasteiger partial charge in [0.05, 0.1) is 21.1 Å². The zero-order chi connectivity index (χ0) is 21.5. The van der Waals surface area contributed by atoms with Crippen LogP contribution in [0.25, 0.3) is 0 Å². The van der Waals surface area contributed by atoms with Gasteiger partial charge in [0.1, 0.15) is 0 Å². The van der Waals surface area contributed by atoms with E-state index in [0.29, 0.717) is 4.48 Å². The van der Waals surface area contributed by atoms with Crippen molar-refractivity contribution in [1.29, 1.82) is 0 Å². The average Bonchev–Trinajstić information content (AvgIpc) is 2.63. The monoisotopic (exact) mass is 398 g/mol. The lowest BCUT2D eigenvalue weighted by Gasteiger charge is -2.45. The van der Waals surface area contributed by atoms with Crippen LogP contribution in [0.1, 0.15) is 124 Å². The highest BCUT2D eigenvalue weighted by Gasteiger charge is 2.51. The molecule has 0 amide bonds. The quantitative estimate of drug-likeness (QED) is 0.181. The lowest BCUT2D eigenvalue weighted by molar-refractivity contribution is -0.916. The van der Waals surface area contributed by atoms with E-state index in [1.807, 2.05) is 6.92 Å². The van der Waals surface area contributed by atoms with Gasteiger partial charge in [-0.2, -0.15) is 0 Å². The number of quaternary nitrogens is 1. The second-order valence-corrected chi connectivity index (χ2v) is 9.98. The van der Waals surface area contributed by atoms with Crippen LogP contribution < -0.4 is 0 Å². The minimum atomic E-state index is -0.703. The van der Waals surface area contributed by atoms with Gasteiger partial charge in [0.15, 0.2) is 5.54 Å². The van der Waals surface area contributed by atoms with Gasteiger partial charge < -0.3 is 9.59 Å². The summed E-state index contributed by atoms with van der Waals surface area (Å²) < 4.78 is 0.499. The molecule has 0 aromatic carbocycles. The van der Waals surface area contributed by atoms with Crippen molar-refractivity contribution in [2.24, 2.45) is 5.92 Å². The van der Waals surface area contributed by atoms with E-state index in [4.69, 9.17) is 0 Å². The van der Waals surface area contributed by atoms with Crippen molar-refractivity contribution in [2.75, 3.05) is 21.1 Å². The number of hydrogen-bond donors (Lipinski definition) is 1. The number of nitrogens with zero attached hydrogens (tertiary/aromatic N) is 1. The van der Waals surface area contributed by atoms with Crippen LogP contribution in [-0.4, -0.2) is 42.2 Å². The molecule has 3 nitrogen and oxygen atoms in total. The number of aliphatic carboxylic acids is 1. The largest absolute Gasteiger partial charge is 0.477 e. The summed E-state index contributed by atoms with van der Waals surface area (Å²) >= 11 is 0. The summed E-state index contributed by atoms with van der Waals surface area (Å²) in [5, 5.41) is 10.1. The van der Waals surface area contributed by atoms with Crippen LogP contribution in [0.2, 0.25) is 0 Å². The van der Waals surface area contributed by atoms with Crippen molar-refractivity contribution in [3.63, 3.8) is 0 Å². The first-order chi connectivity index (χ1) is 13.2. The molecule has 1 N–H and O–H groups in total. The van der Waals surface area contributed by atoms with Crippen molar-refractivity contribution in [2.45, 2.75) is 129 Å².